The molecule has 0 N–H and O–H groups in total. The van der Waals surface area contributed by atoms with Gasteiger partial charge in [-0.1, -0.05) is 6.07 Å². The summed E-state index contributed by atoms with van der Waals surface area (Å²) in [7, 11) is 1.67. The van der Waals surface area contributed by atoms with E-state index in [-0.39, 0.29) is 12.4 Å². The standard InChI is InChI=1S/C11H12ClNO.ClH/c1-14-9-3-2-8-4-5-13-11(7-12)10(8)6-9;/h2-3,6H,4-5,7H2,1H3;1H. The highest BCUT2D eigenvalue weighted by molar-refractivity contribution is 6.32. The zero-order valence-electron chi connectivity index (χ0n) is 8.50. The maximum Gasteiger partial charge on any atom is 0.119 e. The van der Waals surface area contributed by atoms with Crippen LogP contribution in [0, 0.1) is 0 Å². The highest BCUT2D eigenvalue weighted by Gasteiger charge is 2.13. The van der Waals surface area contributed by atoms with Gasteiger partial charge in [-0.15, -0.1) is 24.0 Å². The van der Waals surface area contributed by atoms with Crippen LogP contribution in [0.1, 0.15) is 11.1 Å². The molecule has 82 valence electrons. The lowest BCUT2D eigenvalue weighted by Crippen LogP contribution is -2.14. The van der Waals surface area contributed by atoms with Crippen molar-refractivity contribution in [2.75, 3.05) is 19.5 Å². The molecule has 1 aromatic rings. The Kier molecular flexibility index (Phi) is 4.43. The predicted octanol–water partition coefficient (Wildman–Crippen LogP) is 2.70. The topological polar surface area (TPSA) is 21.6 Å². The molecule has 15 heavy (non-hydrogen) atoms. The highest BCUT2D eigenvalue weighted by Crippen LogP contribution is 2.22. The summed E-state index contributed by atoms with van der Waals surface area (Å²) in [4.78, 5) is 4.39. The number of hydrogen-bond acceptors (Lipinski definition) is 2. The van der Waals surface area contributed by atoms with Gasteiger partial charge in [0.05, 0.1) is 18.7 Å². The number of benzene rings is 1. The van der Waals surface area contributed by atoms with Crippen molar-refractivity contribution in [3.63, 3.8) is 0 Å². The minimum absolute atomic E-state index is 0. The quantitative estimate of drug-likeness (QED) is 0.735. The Hall–Kier alpha value is -0.730. The van der Waals surface area contributed by atoms with Gasteiger partial charge in [-0.2, -0.15) is 0 Å². The van der Waals surface area contributed by atoms with Gasteiger partial charge in [0, 0.05) is 12.1 Å². The van der Waals surface area contributed by atoms with E-state index in [2.05, 4.69) is 11.1 Å². The fourth-order valence-corrected chi connectivity index (χ4v) is 1.91. The third kappa shape index (κ3) is 2.44. The van der Waals surface area contributed by atoms with E-state index >= 15 is 0 Å². The summed E-state index contributed by atoms with van der Waals surface area (Å²) in [5.41, 5.74) is 3.44. The van der Waals surface area contributed by atoms with E-state index in [1.165, 1.54) is 5.56 Å². The lowest BCUT2D eigenvalue weighted by Gasteiger charge is -2.16. The van der Waals surface area contributed by atoms with Crippen molar-refractivity contribution >= 4 is 29.7 Å². The van der Waals surface area contributed by atoms with Gasteiger partial charge in [0.1, 0.15) is 5.75 Å². The van der Waals surface area contributed by atoms with Gasteiger partial charge in [0.25, 0.3) is 0 Å². The summed E-state index contributed by atoms with van der Waals surface area (Å²) in [5.74, 6) is 1.34. The van der Waals surface area contributed by atoms with Gasteiger partial charge in [0.2, 0.25) is 0 Å². The van der Waals surface area contributed by atoms with Crippen molar-refractivity contribution in [2.24, 2.45) is 4.99 Å². The second-order valence-electron chi connectivity index (χ2n) is 3.24. The molecule has 0 bridgehead atoms. The number of ether oxygens (including phenoxy) is 1. The minimum atomic E-state index is 0. The number of fused-ring (bicyclic) bond motifs is 1. The van der Waals surface area contributed by atoms with Crippen LogP contribution in [0.3, 0.4) is 0 Å². The zero-order chi connectivity index (χ0) is 9.97. The van der Waals surface area contributed by atoms with E-state index in [9.17, 15) is 0 Å². The van der Waals surface area contributed by atoms with Gasteiger partial charge < -0.3 is 4.74 Å². The molecule has 0 fully saturated rings. The molecule has 1 aromatic carbocycles. The van der Waals surface area contributed by atoms with Crippen LogP contribution in [0.15, 0.2) is 23.2 Å². The van der Waals surface area contributed by atoms with Crippen LogP contribution in [0.2, 0.25) is 0 Å². The van der Waals surface area contributed by atoms with E-state index in [0.717, 1.165) is 30.0 Å². The van der Waals surface area contributed by atoms with Gasteiger partial charge >= 0.3 is 0 Å². The summed E-state index contributed by atoms with van der Waals surface area (Å²) in [6.07, 6.45) is 1.000. The van der Waals surface area contributed by atoms with E-state index in [1.807, 2.05) is 12.1 Å². The van der Waals surface area contributed by atoms with Crippen LogP contribution in [0.4, 0.5) is 0 Å². The first-order valence-corrected chi connectivity index (χ1v) is 5.15. The van der Waals surface area contributed by atoms with E-state index < -0.39 is 0 Å². The fraction of sp³-hybridized carbons (Fsp3) is 0.364. The maximum absolute atomic E-state index is 5.83. The third-order valence-corrected chi connectivity index (χ3v) is 2.69. The molecule has 0 aromatic heterocycles. The molecule has 1 aliphatic rings. The summed E-state index contributed by atoms with van der Waals surface area (Å²) in [5, 5.41) is 0. The smallest absolute Gasteiger partial charge is 0.119 e. The van der Waals surface area contributed by atoms with Crippen molar-refractivity contribution in [3.8, 4) is 5.75 Å². The predicted molar refractivity (Wildman–Crippen MR) is 66.1 cm³/mol. The summed E-state index contributed by atoms with van der Waals surface area (Å²) >= 11 is 5.83. The molecule has 0 amide bonds. The normalized spacial score (nSPS) is 13.6. The maximum atomic E-state index is 5.83. The summed E-state index contributed by atoms with van der Waals surface area (Å²) < 4.78 is 5.18. The number of hydrogen-bond donors (Lipinski definition) is 0. The third-order valence-electron chi connectivity index (χ3n) is 2.44. The molecule has 1 aliphatic heterocycles. The zero-order valence-corrected chi connectivity index (χ0v) is 10.1. The number of methoxy groups -OCH3 is 1. The summed E-state index contributed by atoms with van der Waals surface area (Å²) in [6.45, 7) is 0.849. The monoisotopic (exact) mass is 245 g/mol. The molecule has 4 heteroatoms. The van der Waals surface area contributed by atoms with Gasteiger partial charge in [-0.25, -0.2) is 0 Å². The molecular weight excluding hydrogens is 233 g/mol. The Morgan fingerprint density at radius 1 is 1.47 bits per heavy atom. The number of alkyl halides is 1. The number of halogens is 2. The van der Waals surface area contributed by atoms with Gasteiger partial charge in [-0.05, 0) is 24.1 Å². The molecule has 0 spiro atoms. The van der Waals surface area contributed by atoms with Crippen molar-refractivity contribution in [2.45, 2.75) is 6.42 Å². The van der Waals surface area contributed by atoms with Crippen molar-refractivity contribution in [1.29, 1.82) is 0 Å². The lowest BCUT2D eigenvalue weighted by atomic mass is 9.98. The molecule has 0 saturated heterocycles. The van der Waals surface area contributed by atoms with E-state index in [0.29, 0.717) is 5.88 Å². The molecule has 1 heterocycles. The second kappa shape index (κ2) is 5.38. The van der Waals surface area contributed by atoms with Crippen LogP contribution in [0.5, 0.6) is 5.75 Å². The molecule has 0 radical (unpaired) electrons. The van der Waals surface area contributed by atoms with Gasteiger partial charge in [0.15, 0.2) is 0 Å². The first-order valence-electron chi connectivity index (χ1n) is 4.61. The molecule has 0 saturated carbocycles. The van der Waals surface area contributed by atoms with Crippen molar-refractivity contribution < 1.29 is 4.74 Å². The molecule has 2 nitrogen and oxygen atoms in total. The van der Waals surface area contributed by atoms with Crippen LogP contribution in [0.25, 0.3) is 0 Å². The fourth-order valence-electron chi connectivity index (χ4n) is 1.68. The lowest BCUT2D eigenvalue weighted by molar-refractivity contribution is 0.414. The number of aliphatic imine (C=N–C) groups is 1. The average molecular weight is 246 g/mol. The Labute approximate surface area is 101 Å². The molecule has 0 aliphatic carbocycles. The molecule has 0 unspecified atom stereocenters. The van der Waals surface area contributed by atoms with Crippen LogP contribution >= 0.6 is 24.0 Å². The minimum Gasteiger partial charge on any atom is -0.497 e. The van der Waals surface area contributed by atoms with E-state index in [4.69, 9.17) is 16.3 Å². The van der Waals surface area contributed by atoms with Crippen LogP contribution < -0.4 is 4.74 Å². The first kappa shape index (κ1) is 12.3. The Bertz CT molecular complexity index is 377. The van der Waals surface area contributed by atoms with Crippen molar-refractivity contribution in [1.82, 2.24) is 0 Å². The van der Waals surface area contributed by atoms with Gasteiger partial charge in [-0.3, -0.25) is 4.99 Å². The van der Waals surface area contributed by atoms with Crippen LogP contribution in [-0.4, -0.2) is 25.2 Å². The Morgan fingerprint density at radius 2 is 2.27 bits per heavy atom. The number of rotatable bonds is 2. The summed E-state index contributed by atoms with van der Waals surface area (Å²) in [6, 6.07) is 6.08. The largest absolute Gasteiger partial charge is 0.497 e. The molecule has 2 rings (SSSR count). The van der Waals surface area contributed by atoms with E-state index in [1.54, 1.807) is 7.11 Å². The second-order valence-corrected chi connectivity index (χ2v) is 3.50. The SMILES string of the molecule is COc1ccc2c(c1)C(CCl)=NCC2.Cl. The molecule has 0 atom stereocenters. The Morgan fingerprint density at radius 3 is 2.93 bits per heavy atom. The highest BCUT2D eigenvalue weighted by atomic mass is 35.5. The average Bonchev–Trinajstić information content (AvgIpc) is 2.27. The Balaban J connectivity index is 0.00000112. The van der Waals surface area contributed by atoms with Crippen molar-refractivity contribution in [3.05, 3.63) is 29.3 Å². The number of nitrogens with zero attached hydrogens (tertiary/aromatic N) is 1. The van der Waals surface area contributed by atoms with Crippen LogP contribution in [-0.2, 0) is 6.42 Å². The molecular formula is C11H13Cl2NO. The first-order chi connectivity index (χ1) is 6.85.